The van der Waals surface area contributed by atoms with Crippen LogP contribution in [0.25, 0.3) is 11.1 Å². The van der Waals surface area contributed by atoms with Crippen LogP contribution in [0.15, 0.2) is 33.5 Å². The van der Waals surface area contributed by atoms with Gasteiger partial charge in [-0.2, -0.15) is 0 Å². The number of carbonyl (C=O) groups is 2. The minimum atomic E-state index is -0.310. The van der Waals surface area contributed by atoms with Crippen LogP contribution in [0.3, 0.4) is 0 Å². The van der Waals surface area contributed by atoms with Crippen molar-refractivity contribution >= 4 is 66.5 Å². The second-order valence-corrected chi connectivity index (χ2v) is 10.7. The number of nitrogens with one attached hydrogen (secondary N) is 1. The Morgan fingerprint density at radius 1 is 0.794 bits per heavy atom. The lowest BCUT2D eigenvalue weighted by molar-refractivity contribution is -0.114. The molecule has 2 amide bonds. The lowest BCUT2D eigenvalue weighted by atomic mass is 9.98. The summed E-state index contributed by atoms with van der Waals surface area (Å²) in [4.78, 5) is 37.0. The highest BCUT2D eigenvalue weighted by Crippen LogP contribution is 2.44. The molecule has 1 N–H and O–H groups in total. The third-order valence-corrected chi connectivity index (χ3v) is 7.25. The number of fused-ring (bicyclic) bond motifs is 2. The number of anilines is 2. The monoisotopic (exact) mass is 588 g/mol. The Bertz CT molecular complexity index is 1120. The van der Waals surface area contributed by atoms with Gasteiger partial charge in [0.2, 0.25) is 0 Å². The Labute approximate surface area is 217 Å². The molecule has 0 atom stereocenters. The Morgan fingerprint density at radius 3 is 2.06 bits per heavy atom. The molecule has 2 aliphatic heterocycles. The highest BCUT2D eigenvalue weighted by atomic mass is 79.9. The first kappa shape index (κ1) is 25.0. The lowest BCUT2D eigenvalue weighted by Crippen LogP contribution is -2.28. The molecule has 0 radical (unpaired) electrons. The number of aromatic nitrogens is 2. The second-order valence-electron chi connectivity index (χ2n) is 8.92. The largest absolute Gasteiger partial charge is 0.306 e. The average molecular weight is 590 g/mol. The molecule has 0 fully saturated rings. The first-order chi connectivity index (χ1) is 16.5. The van der Waals surface area contributed by atoms with Crippen LogP contribution in [0, 0.1) is 0 Å². The zero-order valence-corrected chi connectivity index (χ0v) is 22.7. The smallest absolute Gasteiger partial charge is 0.261 e. The fourth-order valence-corrected chi connectivity index (χ4v) is 5.32. The number of pyridine rings is 2. The van der Waals surface area contributed by atoms with Crippen LogP contribution in [0.4, 0.5) is 11.6 Å². The summed E-state index contributed by atoms with van der Waals surface area (Å²) in [7, 11) is 0. The van der Waals surface area contributed by atoms with E-state index >= 15 is 0 Å². The molecule has 2 aliphatic rings. The van der Waals surface area contributed by atoms with Gasteiger partial charge in [-0.1, -0.05) is 64.7 Å². The van der Waals surface area contributed by atoms with Gasteiger partial charge in [-0.3, -0.25) is 14.5 Å². The molecule has 6 nitrogen and oxygen atoms in total. The highest BCUT2D eigenvalue weighted by molar-refractivity contribution is 9.10. The van der Waals surface area contributed by atoms with E-state index in [-0.39, 0.29) is 11.8 Å². The van der Waals surface area contributed by atoms with E-state index < -0.39 is 0 Å². The van der Waals surface area contributed by atoms with E-state index in [1.165, 1.54) is 51.4 Å². The molecule has 2 aromatic heterocycles. The Morgan fingerprint density at radius 2 is 1.38 bits per heavy atom. The predicted molar refractivity (Wildman–Crippen MR) is 144 cm³/mol. The van der Waals surface area contributed by atoms with Gasteiger partial charge in [0, 0.05) is 39.0 Å². The summed E-state index contributed by atoms with van der Waals surface area (Å²) in [6, 6.07) is 3.70. The summed E-state index contributed by atoms with van der Waals surface area (Å²) in [5.41, 5.74) is 2.08. The number of rotatable bonds is 11. The maximum Gasteiger partial charge on any atom is 0.261 e. The van der Waals surface area contributed by atoms with Crippen LogP contribution in [-0.2, 0) is 9.59 Å². The van der Waals surface area contributed by atoms with E-state index in [2.05, 4.69) is 54.1 Å². The molecule has 0 aliphatic carbocycles. The maximum atomic E-state index is 13.6. The van der Waals surface area contributed by atoms with E-state index in [0.29, 0.717) is 40.5 Å². The molecule has 0 unspecified atom stereocenters. The molecule has 4 heterocycles. The van der Waals surface area contributed by atoms with Gasteiger partial charge in [0.05, 0.1) is 11.1 Å². The summed E-state index contributed by atoms with van der Waals surface area (Å²) in [6.07, 6.45) is 15.7. The standard InChI is InChI=1S/C26H30Br2N4O2/c1-2-3-4-5-6-7-8-9-10-11-12-32-24-20(14-18(28)16-30-24)22(26(32)34)21-19-13-17(27)15-29-23(19)31-25(21)33/h13-16H,2-12H2,1H3,(H,29,31,33)/b22-21+. The Balaban J connectivity index is 1.46. The topological polar surface area (TPSA) is 75.2 Å². The van der Waals surface area contributed by atoms with E-state index in [1.807, 2.05) is 12.1 Å². The average Bonchev–Trinajstić information content (AvgIpc) is 3.26. The van der Waals surface area contributed by atoms with Crippen molar-refractivity contribution in [1.29, 1.82) is 0 Å². The summed E-state index contributed by atoms with van der Waals surface area (Å²) in [5, 5.41) is 2.79. The first-order valence-electron chi connectivity index (χ1n) is 12.2. The van der Waals surface area contributed by atoms with Crippen molar-refractivity contribution in [2.24, 2.45) is 0 Å². The van der Waals surface area contributed by atoms with E-state index in [4.69, 9.17) is 0 Å². The third-order valence-electron chi connectivity index (χ3n) is 6.39. The highest BCUT2D eigenvalue weighted by Gasteiger charge is 2.40. The van der Waals surface area contributed by atoms with Gasteiger partial charge in [0.1, 0.15) is 11.6 Å². The molecular weight excluding hydrogens is 560 g/mol. The van der Waals surface area contributed by atoms with Gasteiger partial charge in [0.15, 0.2) is 0 Å². The SMILES string of the molecule is CCCCCCCCCCCCN1C(=O)/C(=C2/C(=O)Nc3ncc(Br)cc32)c2cc(Br)cnc21. The van der Waals surface area contributed by atoms with Crippen molar-refractivity contribution in [3.05, 3.63) is 44.6 Å². The number of carbonyl (C=O) groups excluding carboxylic acids is 2. The minimum Gasteiger partial charge on any atom is -0.306 e. The molecule has 2 aromatic rings. The fourth-order valence-electron chi connectivity index (χ4n) is 4.65. The van der Waals surface area contributed by atoms with Gasteiger partial charge >= 0.3 is 0 Å². The van der Waals surface area contributed by atoms with Crippen LogP contribution in [-0.4, -0.2) is 28.3 Å². The molecule has 0 saturated heterocycles. The molecule has 0 aromatic carbocycles. The number of amides is 2. The van der Waals surface area contributed by atoms with Crippen molar-refractivity contribution in [2.75, 3.05) is 16.8 Å². The van der Waals surface area contributed by atoms with Crippen molar-refractivity contribution in [3.8, 4) is 0 Å². The number of unbranched alkanes of at least 4 members (excludes halogenated alkanes) is 9. The molecule has 0 saturated carbocycles. The quantitative estimate of drug-likeness (QED) is 0.223. The number of hydrogen-bond acceptors (Lipinski definition) is 4. The molecule has 0 spiro atoms. The minimum absolute atomic E-state index is 0.172. The fraction of sp³-hybridized carbons (Fsp3) is 0.462. The molecule has 180 valence electrons. The zero-order chi connectivity index (χ0) is 24.1. The van der Waals surface area contributed by atoms with Crippen molar-refractivity contribution in [1.82, 2.24) is 9.97 Å². The van der Waals surface area contributed by atoms with Gasteiger partial charge in [-0.15, -0.1) is 0 Å². The van der Waals surface area contributed by atoms with Gasteiger partial charge in [0.25, 0.3) is 11.8 Å². The van der Waals surface area contributed by atoms with E-state index in [9.17, 15) is 9.59 Å². The Kier molecular flexibility index (Phi) is 8.53. The summed E-state index contributed by atoms with van der Waals surface area (Å²) >= 11 is 6.90. The third kappa shape index (κ3) is 5.43. The summed E-state index contributed by atoms with van der Waals surface area (Å²) in [5.74, 6) is 0.613. The van der Waals surface area contributed by atoms with Crippen molar-refractivity contribution in [3.63, 3.8) is 0 Å². The zero-order valence-electron chi connectivity index (χ0n) is 19.5. The van der Waals surface area contributed by atoms with Crippen molar-refractivity contribution < 1.29 is 9.59 Å². The summed E-state index contributed by atoms with van der Waals surface area (Å²) < 4.78 is 1.52. The predicted octanol–water partition coefficient (Wildman–Crippen LogP) is 7.13. The van der Waals surface area contributed by atoms with Crippen LogP contribution in [0.5, 0.6) is 0 Å². The molecule has 34 heavy (non-hydrogen) atoms. The number of hydrogen-bond donors (Lipinski definition) is 1. The van der Waals surface area contributed by atoms with Gasteiger partial charge < -0.3 is 5.32 Å². The molecule has 0 bridgehead atoms. The van der Waals surface area contributed by atoms with Crippen molar-refractivity contribution in [2.45, 2.75) is 71.1 Å². The first-order valence-corrected chi connectivity index (χ1v) is 13.8. The van der Waals surface area contributed by atoms with Crippen LogP contribution >= 0.6 is 31.9 Å². The van der Waals surface area contributed by atoms with Crippen LogP contribution in [0.1, 0.15) is 82.3 Å². The van der Waals surface area contributed by atoms with Gasteiger partial charge in [-0.05, 0) is 50.4 Å². The molecule has 4 rings (SSSR count). The molecular formula is C26H30Br2N4O2. The normalized spacial score (nSPS) is 16.7. The number of halogens is 2. The number of nitrogens with zero attached hydrogens (tertiary/aromatic N) is 3. The van der Waals surface area contributed by atoms with E-state index in [1.54, 1.807) is 17.3 Å². The summed E-state index contributed by atoms with van der Waals surface area (Å²) in [6.45, 7) is 2.84. The van der Waals surface area contributed by atoms with Crippen LogP contribution in [0.2, 0.25) is 0 Å². The second kappa shape index (κ2) is 11.6. The van der Waals surface area contributed by atoms with E-state index in [0.717, 1.165) is 21.8 Å². The lowest BCUT2D eigenvalue weighted by Gasteiger charge is -2.16. The Hall–Kier alpha value is -2.06. The van der Waals surface area contributed by atoms with Crippen LogP contribution < -0.4 is 10.2 Å². The maximum absolute atomic E-state index is 13.6. The van der Waals surface area contributed by atoms with Gasteiger partial charge in [-0.25, -0.2) is 9.97 Å². The molecule has 8 heteroatoms.